The third kappa shape index (κ3) is 2.22. The fourth-order valence-electron chi connectivity index (χ4n) is 1.51. The van der Waals surface area contributed by atoms with E-state index < -0.39 is 0 Å². The molecule has 0 aliphatic carbocycles. The summed E-state index contributed by atoms with van der Waals surface area (Å²) in [6, 6.07) is 6.37. The van der Waals surface area contributed by atoms with E-state index in [9.17, 15) is 0 Å². The molecule has 1 aliphatic heterocycles. The van der Waals surface area contributed by atoms with Gasteiger partial charge in [0.05, 0.1) is 6.61 Å². The molecular formula is C11H15NOS. The maximum atomic E-state index is 5.58. The van der Waals surface area contributed by atoms with Crippen LogP contribution in [0.25, 0.3) is 0 Å². The van der Waals surface area contributed by atoms with Crippen molar-refractivity contribution in [3.8, 4) is 5.75 Å². The van der Waals surface area contributed by atoms with Crippen molar-refractivity contribution in [2.45, 2.75) is 17.7 Å². The zero-order valence-corrected chi connectivity index (χ0v) is 8.98. The topological polar surface area (TPSA) is 35.2 Å². The van der Waals surface area contributed by atoms with E-state index in [1.54, 1.807) is 0 Å². The first-order valence-corrected chi connectivity index (χ1v) is 5.97. The molecule has 0 amide bonds. The maximum absolute atomic E-state index is 5.58. The minimum atomic E-state index is 0.694. The highest BCUT2D eigenvalue weighted by Crippen LogP contribution is 2.33. The van der Waals surface area contributed by atoms with Crippen molar-refractivity contribution < 1.29 is 4.74 Å². The number of hydrogen-bond donors (Lipinski definition) is 1. The zero-order valence-electron chi connectivity index (χ0n) is 8.16. The van der Waals surface area contributed by atoms with Gasteiger partial charge in [-0.1, -0.05) is 6.07 Å². The van der Waals surface area contributed by atoms with Gasteiger partial charge in [-0.3, -0.25) is 0 Å². The smallest absolute Gasteiger partial charge is 0.120 e. The SMILES string of the molecule is NCCCOc1ccc2c(c1)SCC2. The Labute approximate surface area is 88.8 Å². The minimum Gasteiger partial charge on any atom is -0.494 e. The van der Waals surface area contributed by atoms with Crippen molar-refractivity contribution >= 4 is 11.8 Å². The lowest BCUT2D eigenvalue weighted by atomic mass is 10.2. The van der Waals surface area contributed by atoms with Crippen LogP contribution in [0.1, 0.15) is 12.0 Å². The molecule has 1 aliphatic rings. The number of rotatable bonds is 4. The zero-order chi connectivity index (χ0) is 9.80. The van der Waals surface area contributed by atoms with Gasteiger partial charge in [0.1, 0.15) is 5.75 Å². The molecule has 2 rings (SSSR count). The van der Waals surface area contributed by atoms with Gasteiger partial charge >= 0.3 is 0 Å². The third-order valence-corrected chi connectivity index (χ3v) is 3.38. The van der Waals surface area contributed by atoms with Crippen LogP contribution in [0.5, 0.6) is 5.75 Å². The molecule has 1 heterocycles. The van der Waals surface area contributed by atoms with Crippen molar-refractivity contribution in [3.63, 3.8) is 0 Å². The van der Waals surface area contributed by atoms with Crippen LogP contribution in [0, 0.1) is 0 Å². The van der Waals surface area contributed by atoms with Crippen molar-refractivity contribution in [2.24, 2.45) is 5.73 Å². The summed E-state index contributed by atoms with van der Waals surface area (Å²) in [5, 5.41) is 0. The van der Waals surface area contributed by atoms with Gasteiger partial charge in [0, 0.05) is 10.6 Å². The number of aryl methyl sites for hydroxylation is 1. The van der Waals surface area contributed by atoms with E-state index in [1.165, 1.54) is 22.6 Å². The molecule has 76 valence electrons. The first-order chi connectivity index (χ1) is 6.90. The predicted molar refractivity (Wildman–Crippen MR) is 60.0 cm³/mol. The summed E-state index contributed by atoms with van der Waals surface area (Å²) >= 11 is 1.92. The molecule has 1 aromatic carbocycles. The van der Waals surface area contributed by atoms with Crippen molar-refractivity contribution in [1.82, 2.24) is 0 Å². The first-order valence-electron chi connectivity index (χ1n) is 4.99. The largest absolute Gasteiger partial charge is 0.494 e. The standard InChI is InChI=1S/C11H15NOS/c12-5-1-6-13-10-3-2-9-4-7-14-11(9)8-10/h2-3,8H,1,4-7,12H2. The summed E-state index contributed by atoms with van der Waals surface area (Å²) < 4.78 is 5.58. The molecule has 0 radical (unpaired) electrons. The van der Waals surface area contributed by atoms with E-state index in [2.05, 4.69) is 18.2 Å². The summed E-state index contributed by atoms with van der Waals surface area (Å²) in [6.45, 7) is 1.42. The van der Waals surface area contributed by atoms with Crippen molar-refractivity contribution in [2.75, 3.05) is 18.9 Å². The fraction of sp³-hybridized carbons (Fsp3) is 0.455. The Morgan fingerprint density at radius 2 is 2.36 bits per heavy atom. The highest BCUT2D eigenvalue weighted by Gasteiger charge is 2.11. The second-order valence-electron chi connectivity index (χ2n) is 3.36. The molecule has 0 atom stereocenters. The molecule has 2 N–H and O–H groups in total. The Morgan fingerprint density at radius 3 is 3.21 bits per heavy atom. The van der Waals surface area contributed by atoms with Gasteiger partial charge < -0.3 is 10.5 Å². The monoisotopic (exact) mass is 209 g/mol. The van der Waals surface area contributed by atoms with Crippen LogP contribution in [-0.2, 0) is 6.42 Å². The molecule has 0 unspecified atom stereocenters. The van der Waals surface area contributed by atoms with E-state index in [1.807, 2.05) is 11.8 Å². The summed E-state index contributed by atoms with van der Waals surface area (Å²) in [5.74, 6) is 2.19. The van der Waals surface area contributed by atoms with Gasteiger partial charge in [0.2, 0.25) is 0 Å². The normalized spacial score (nSPS) is 14.1. The molecule has 0 bridgehead atoms. The minimum absolute atomic E-state index is 0.694. The lowest BCUT2D eigenvalue weighted by Crippen LogP contribution is -2.06. The highest BCUT2D eigenvalue weighted by atomic mass is 32.2. The Balaban J connectivity index is 1.98. The Morgan fingerprint density at radius 1 is 1.43 bits per heavy atom. The second-order valence-corrected chi connectivity index (χ2v) is 4.50. The van der Waals surface area contributed by atoms with E-state index in [0.717, 1.165) is 18.8 Å². The summed E-state index contributed by atoms with van der Waals surface area (Å²) in [7, 11) is 0. The second kappa shape index (κ2) is 4.71. The van der Waals surface area contributed by atoms with Gasteiger partial charge in [-0.25, -0.2) is 0 Å². The van der Waals surface area contributed by atoms with Gasteiger partial charge in [-0.05, 0) is 37.1 Å². The Bertz CT molecular complexity index is 314. The van der Waals surface area contributed by atoms with Crippen LogP contribution in [0.3, 0.4) is 0 Å². The van der Waals surface area contributed by atoms with Gasteiger partial charge in [-0.2, -0.15) is 0 Å². The van der Waals surface area contributed by atoms with Crippen LogP contribution < -0.4 is 10.5 Å². The molecule has 0 saturated heterocycles. The highest BCUT2D eigenvalue weighted by molar-refractivity contribution is 7.99. The lowest BCUT2D eigenvalue weighted by molar-refractivity contribution is 0.312. The molecule has 0 saturated carbocycles. The average Bonchev–Trinajstić information content (AvgIpc) is 2.65. The maximum Gasteiger partial charge on any atom is 0.120 e. The number of ether oxygens (including phenoxy) is 1. The Kier molecular flexibility index (Phi) is 3.32. The molecule has 0 aromatic heterocycles. The fourth-order valence-corrected chi connectivity index (χ4v) is 2.61. The van der Waals surface area contributed by atoms with Crippen molar-refractivity contribution in [3.05, 3.63) is 23.8 Å². The summed E-state index contributed by atoms with van der Waals surface area (Å²) in [4.78, 5) is 1.38. The van der Waals surface area contributed by atoms with E-state index in [-0.39, 0.29) is 0 Å². The lowest BCUT2D eigenvalue weighted by Gasteiger charge is -2.06. The number of fused-ring (bicyclic) bond motifs is 1. The van der Waals surface area contributed by atoms with Gasteiger partial charge in [0.25, 0.3) is 0 Å². The third-order valence-electron chi connectivity index (χ3n) is 2.28. The van der Waals surface area contributed by atoms with Gasteiger partial charge in [0.15, 0.2) is 0 Å². The van der Waals surface area contributed by atoms with Crippen LogP contribution in [0.2, 0.25) is 0 Å². The first kappa shape index (κ1) is 9.87. The number of benzene rings is 1. The number of hydrogen-bond acceptors (Lipinski definition) is 3. The quantitative estimate of drug-likeness (QED) is 0.771. The Hall–Kier alpha value is -0.670. The molecule has 0 spiro atoms. The molecule has 0 fully saturated rings. The van der Waals surface area contributed by atoms with Crippen LogP contribution in [0.4, 0.5) is 0 Å². The van der Waals surface area contributed by atoms with Crippen LogP contribution in [-0.4, -0.2) is 18.9 Å². The summed E-state index contributed by atoms with van der Waals surface area (Å²) in [6.07, 6.45) is 2.12. The molecule has 2 nitrogen and oxygen atoms in total. The summed E-state index contributed by atoms with van der Waals surface area (Å²) in [5.41, 5.74) is 6.86. The predicted octanol–water partition coefficient (Wildman–Crippen LogP) is 2.06. The number of nitrogens with two attached hydrogens (primary N) is 1. The van der Waals surface area contributed by atoms with Crippen LogP contribution in [0.15, 0.2) is 23.1 Å². The van der Waals surface area contributed by atoms with E-state index in [0.29, 0.717) is 6.54 Å². The molecular weight excluding hydrogens is 194 g/mol. The average molecular weight is 209 g/mol. The molecule has 3 heteroatoms. The molecule has 14 heavy (non-hydrogen) atoms. The molecule has 1 aromatic rings. The van der Waals surface area contributed by atoms with Crippen molar-refractivity contribution in [1.29, 1.82) is 0 Å². The van der Waals surface area contributed by atoms with E-state index in [4.69, 9.17) is 10.5 Å². The number of thioether (sulfide) groups is 1. The van der Waals surface area contributed by atoms with Crippen LogP contribution >= 0.6 is 11.8 Å². The van der Waals surface area contributed by atoms with E-state index >= 15 is 0 Å². The van der Waals surface area contributed by atoms with Gasteiger partial charge in [-0.15, -0.1) is 11.8 Å².